The summed E-state index contributed by atoms with van der Waals surface area (Å²) in [6.45, 7) is 5.74. The maximum atomic E-state index is 13.8. The molecule has 31 heavy (non-hydrogen) atoms. The molecule has 0 radical (unpaired) electrons. The van der Waals surface area contributed by atoms with E-state index >= 15 is 0 Å². The molecule has 0 aromatic carbocycles. The molecule has 0 aliphatic rings. The Bertz CT molecular complexity index is 1210. The number of carbonyl (C=O) groups is 1. The number of carbonyl (C=O) groups excluding carboxylic acids is 1. The Balaban J connectivity index is 1.60. The van der Waals surface area contributed by atoms with Crippen molar-refractivity contribution in [1.82, 2.24) is 29.9 Å². The zero-order chi connectivity index (χ0) is 22.1. The van der Waals surface area contributed by atoms with E-state index in [1.165, 1.54) is 17.0 Å². The van der Waals surface area contributed by atoms with Gasteiger partial charge in [0.15, 0.2) is 11.4 Å². The van der Waals surface area contributed by atoms with Gasteiger partial charge in [-0.15, -0.1) is 0 Å². The molecule has 4 aromatic rings. The standard InChI is InChI=1S/C21H22F2N6O2/c1-12-6-7-28(26-12)10-13(2)24-18(30)11-29-21-19(14(3)27-29)15(20(22)23)9-16(25-21)17-5-4-8-31-17/h4-9,13,20H,10-11H2,1-3H3,(H,24,30). The number of amides is 1. The van der Waals surface area contributed by atoms with Crippen LogP contribution in [0.25, 0.3) is 22.5 Å². The summed E-state index contributed by atoms with van der Waals surface area (Å²) in [5, 5.41) is 11.7. The van der Waals surface area contributed by atoms with Gasteiger partial charge in [-0.3, -0.25) is 9.48 Å². The number of hydrogen-bond acceptors (Lipinski definition) is 5. The van der Waals surface area contributed by atoms with Crippen molar-refractivity contribution in [3.05, 3.63) is 53.7 Å². The van der Waals surface area contributed by atoms with Crippen LogP contribution in [0.15, 0.2) is 41.1 Å². The summed E-state index contributed by atoms with van der Waals surface area (Å²) in [5.74, 6) is 0.0615. The molecular formula is C21H22F2N6O2. The van der Waals surface area contributed by atoms with Gasteiger partial charge in [-0.25, -0.2) is 18.4 Å². The van der Waals surface area contributed by atoms with Crippen molar-refractivity contribution < 1.29 is 18.0 Å². The normalized spacial score (nSPS) is 12.6. The van der Waals surface area contributed by atoms with Gasteiger partial charge in [0, 0.05) is 17.8 Å². The van der Waals surface area contributed by atoms with Gasteiger partial charge in [0.05, 0.1) is 29.6 Å². The number of aromatic nitrogens is 5. The predicted octanol–water partition coefficient (Wildman–Crippen LogP) is 3.65. The SMILES string of the molecule is Cc1ccn(CC(C)NC(=O)Cn2nc(C)c3c(C(F)F)cc(-c4ccco4)nc32)n1. The lowest BCUT2D eigenvalue weighted by atomic mass is 10.1. The highest BCUT2D eigenvalue weighted by Crippen LogP contribution is 2.33. The fourth-order valence-corrected chi connectivity index (χ4v) is 3.57. The molecule has 0 saturated heterocycles. The third-order valence-corrected chi connectivity index (χ3v) is 4.85. The Kier molecular flexibility index (Phi) is 5.53. The molecule has 0 spiro atoms. The van der Waals surface area contributed by atoms with E-state index in [0.29, 0.717) is 18.0 Å². The van der Waals surface area contributed by atoms with E-state index in [2.05, 4.69) is 20.5 Å². The highest BCUT2D eigenvalue weighted by atomic mass is 19.3. The van der Waals surface area contributed by atoms with Crippen LogP contribution in [0.5, 0.6) is 0 Å². The summed E-state index contributed by atoms with van der Waals surface area (Å²) in [7, 11) is 0. The summed E-state index contributed by atoms with van der Waals surface area (Å²) in [6, 6.07) is 6.30. The van der Waals surface area contributed by atoms with Crippen molar-refractivity contribution in [2.24, 2.45) is 0 Å². The molecule has 0 aliphatic heterocycles. The molecule has 10 heteroatoms. The van der Waals surface area contributed by atoms with Gasteiger partial charge in [0.1, 0.15) is 12.2 Å². The average Bonchev–Trinajstić information content (AvgIpc) is 3.43. The van der Waals surface area contributed by atoms with Crippen LogP contribution >= 0.6 is 0 Å². The Morgan fingerprint density at radius 3 is 2.71 bits per heavy atom. The first-order valence-electron chi connectivity index (χ1n) is 9.81. The molecule has 4 heterocycles. The number of alkyl halides is 2. The molecule has 4 rings (SSSR count). The van der Waals surface area contributed by atoms with Crippen LogP contribution in [0.2, 0.25) is 0 Å². The van der Waals surface area contributed by atoms with Crippen molar-refractivity contribution in [3.8, 4) is 11.5 Å². The second-order valence-electron chi connectivity index (χ2n) is 7.46. The first-order chi connectivity index (χ1) is 14.8. The summed E-state index contributed by atoms with van der Waals surface area (Å²) in [4.78, 5) is 17.1. The zero-order valence-electron chi connectivity index (χ0n) is 17.3. The number of nitrogens with zero attached hydrogens (tertiary/aromatic N) is 5. The smallest absolute Gasteiger partial charge is 0.264 e. The number of halogens is 2. The van der Waals surface area contributed by atoms with E-state index in [1.54, 1.807) is 23.7 Å². The van der Waals surface area contributed by atoms with Crippen LogP contribution in [-0.2, 0) is 17.9 Å². The number of aryl methyl sites for hydroxylation is 2. The van der Waals surface area contributed by atoms with Crippen LogP contribution in [0.3, 0.4) is 0 Å². The van der Waals surface area contributed by atoms with E-state index in [0.717, 1.165) is 5.69 Å². The monoisotopic (exact) mass is 428 g/mol. The van der Waals surface area contributed by atoms with Crippen LogP contribution in [0, 0.1) is 13.8 Å². The van der Waals surface area contributed by atoms with Gasteiger partial charge >= 0.3 is 0 Å². The van der Waals surface area contributed by atoms with Crippen LogP contribution in [-0.4, -0.2) is 36.5 Å². The summed E-state index contributed by atoms with van der Waals surface area (Å²) in [5.41, 5.74) is 1.56. The molecule has 8 nitrogen and oxygen atoms in total. The van der Waals surface area contributed by atoms with Crippen molar-refractivity contribution in [2.75, 3.05) is 0 Å². The molecule has 1 atom stereocenters. The summed E-state index contributed by atoms with van der Waals surface area (Å²) >= 11 is 0. The molecule has 162 valence electrons. The minimum Gasteiger partial charge on any atom is -0.463 e. The van der Waals surface area contributed by atoms with Crippen molar-refractivity contribution >= 4 is 16.9 Å². The Hall–Kier alpha value is -3.56. The second kappa shape index (κ2) is 8.29. The van der Waals surface area contributed by atoms with Gasteiger partial charge in [-0.05, 0) is 45.0 Å². The Morgan fingerprint density at radius 1 is 1.26 bits per heavy atom. The topological polar surface area (TPSA) is 90.8 Å². The largest absolute Gasteiger partial charge is 0.463 e. The quantitative estimate of drug-likeness (QED) is 0.485. The Labute approximate surface area is 176 Å². The highest BCUT2D eigenvalue weighted by Gasteiger charge is 2.23. The molecule has 0 fully saturated rings. The van der Waals surface area contributed by atoms with E-state index in [9.17, 15) is 13.6 Å². The van der Waals surface area contributed by atoms with Crippen LogP contribution in [0.1, 0.15) is 30.3 Å². The minimum atomic E-state index is -2.72. The third-order valence-electron chi connectivity index (χ3n) is 4.85. The summed E-state index contributed by atoms with van der Waals surface area (Å²) in [6.07, 6.45) is 0.567. The van der Waals surface area contributed by atoms with E-state index in [1.807, 2.05) is 26.1 Å². The lowest BCUT2D eigenvalue weighted by Gasteiger charge is -2.14. The number of rotatable bonds is 7. The molecular weight excluding hydrogens is 406 g/mol. The van der Waals surface area contributed by atoms with Gasteiger partial charge in [0.25, 0.3) is 6.43 Å². The van der Waals surface area contributed by atoms with Gasteiger partial charge in [-0.2, -0.15) is 10.2 Å². The lowest BCUT2D eigenvalue weighted by Crippen LogP contribution is -2.38. The molecule has 1 unspecified atom stereocenters. The molecule has 1 N–H and O–H groups in total. The summed E-state index contributed by atoms with van der Waals surface area (Å²) < 4.78 is 36.0. The van der Waals surface area contributed by atoms with E-state index < -0.39 is 6.43 Å². The highest BCUT2D eigenvalue weighted by molar-refractivity contribution is 5.86. The lowest BCUT2D eigenvalue weighted by molar-refractivity contribution is -0.122. The third kappa shape index (κ3) is 4.32. The fraction of sp³-hybridized carbons (Fsp3) is 0.333. The number of fused-ring (bicyclic) bond motifs is 1. The number of hydrogen-bond donors (Lipinski definition) is 1. The Morgan fingerprint density at radius 2 is 2.06 bits per heavy atom. The van der Waals surface area contributed by atoms with E-state index in [4.69, 9.17) is 4.42 Å². The fourth-order valence-electron chi connectivity index (χ4n) is 3.57. The minimum absolute atomic E-state index is 0.149. The first kappa shape index (κ1) is 20.7. The number of nitrogens with one attached hydrogen (secondary N) is 1. The molecule has 0 bridgehead atoms. The van der Waals surface area contributed by atoms with Crippen molar-refractivity contribution in [2.45, 2.75) is 46.3 Å². The second-order valence-corrected chi connectivity index (χ2v) is 7.46. The predicted molar refractivity (Wildman–Crippen MR) is 109 cm³/mol. The number of furan rings is 1. The van der Waals surface area contributed by atoms with Crippen LogP contribution < -0.4 is 5.32 Å². The number of pyridine rings is 1. The molecule has 0 saturated carbocycles. The molecule has 1 amide bonds. The van der Waals surface area contributed by atoms with Crippen molar-refractivity contribution in [1.29, 1.82) is 0 Å². The maximum Gasteiger partial charge on any atom is 0.264 e. The van der Waals surface area contributed by atoms with Gasteiger partial charge in [0.2, 0.25) is 5.91 Å². The molecule has 4 aromatic heterocycles. The van der Waals surface area contributed by atoms with E-state index in [-0.39, 0.29) is 40.8 Å². The first-order valence-corrected chi connectivity index (χ1v) is 9.81. The van der Waals surface area contributed by atoms with Gasteiger partial charge in [-0.1, -0.05) is 0 Å². The van der Waals surface area contributed by atoms with Gasteiger partial charge < -0.3 is 9.73 Å². The van der Waals surface area contributed by atoms with Crippen molar-refractivity contribution in [3.63, 3.8) is 0 Å². The average molecular weight is 428 g/mol. The van der Waals surface area contributed by atoms with Crippen LogP contribution in [0.4, 0.5) is 8.78 Å². The molecule has 0 aliphatic carbocycles. The zero-order valence-corrected chi connectivity index (χ0v) is 17.3. The maximum absolute atomic E-state index is 13.8.